The molecule has 0 atom stereocenters. The monoisotopic (exact) mass is 434 g/mol. The number of nitrogens with one attached hydrogen (secondary N) is 1. The third kappa shape index (κ3) is 4.68. The predicted molar refractivity (Wildman–Crippen MR) is 94.0 cm³/mol. The Kier molecular flexibility index (Phi) is 6.19. The van der Waals surface area contributed by atoms with Crippen LogP contribution in [-0.4, -0.2) is 33.1 Å². The average molecular weight is 435 g/mol. The van der Waals surface area contributed by atoms with Gasteiger partial charge >= 0.3 is 5.97 Å². The van der Waals surface area contributed by atoms with E-state index in [0.29, 0.717) is 10.2 Å². The first kappa shape index (κ1) is 18.7. The zero-order valence-electron chi connectivity index (χ0n) is 12.9. The Labute approximate surface area is 152 Å². The summed E-state index contributed by atoms with van der Waals surface area (Å²) in [6, 6.07) is 4.67. The molecule has 0 saturated carbocycles. The lowest BCUT2D eigenvalue weighted by molar-refractivity contribution is -0.142. The molecule has 0 spiro atoms. The maximum Gasteiger partial charge on any atom is 0.311 e. The Morgan fingerprint density at radius 1 is 1.42 bits per heavy atom. The fraction of sp³-hybridized carbons (Fsp3) is 0.286. The minimum atomic E-state index is -3.88. The van der Waals surface area contributed by atoms with Gasteiger partial charge in [-0.05, 0) is 25.1 Å². The number of benzene rings is 1. The van der Waals surface area contributed by atoms with Gasteiger partial charge in [-0.1, -0.05) is 15.9 Å². The highest BCUT2D eigenvalue weighted by molar-refractivity contribution is 9.10. The molecule has 0 unspecified atom stereocenters. The van der Waals surface area contributed by atoms with Crippen molar-refractivity contribution in [3.05, 3.63) is 33.7 Å². The van der Waals surface area contributed by atoms with E-state index >= 15 is 0 Å². The molecule has 1 heterocycles. The third-order valence-electron chi connectivity index (χ3n) is 2.82. The van der Waals surface area contributed by atoms with Crippen LogP contribution in [0.15, 0.2) is 32.9 Å². The van der Waals surface area contributed by atoms with Crippen LogP contribution in [0.3, 0.4) is 0 Å². The van der Waals surface area contributed by atoms with E-state index in [1.807, 2.05) is 0 Å². The van der Waals surface area contributed by atoms with Crippen molar-refractivity contribution in [3.8, 4) is 5.75 Å². The zero-order chi connectivity index (χ0) is 17.7. The number of nitrogens with zero attached hydrogens (tertiary/aromatic N) is 1. The van der Waals surface area contributed by atoms with Gasteiger partial charge in [0, 0.05) is 9.85 Å². The first-order valence-electron chi connectivity index (χ1n) is 6.82. The maximum absolute atomic E-state index is 12.5. The lowest BCUT2D eigenvalue weighted by Gasteiger charge is -2.10. The Hall–Kier alpha value is -1.65. The summed E-state index contributed by atoms with van der Waals surface area (Å²) in [5.41, 5.74) is 0.442. The highest BCUT2D eigenvalue weighted by Gasteiger charge is 2.21. The standard InChI is InChI=1S/C14H15BrN2O5S2/c1-3-22-13(18)7-10-8-23-14(16-10)17-24(19,20)12-6-9(15)4-5-11(12)21-2/h4-6,8H,3,7H2,1-2H3,(H,16,17). The largest absolute Gasteiger partial charge is 0.495 e. The molecule has 0 bridgehead atoms. The molecule has 7 nitrogen and oxygen atoms in total. The van der Waals surface area contributed by atoms with Crippen LogP contribution in [0.2, 0.25) is 0 Å². The second-order valence-corrected chi connectivity index (χ2v) is 7.95. The van der Waals surface area contributed by atoms with Crippen LogP contribution in [0.1, 0.15) is 12.6 Å². The summed E-state index contributed by atoms with van der Waals surface area (Å²) in [6.45, 7) is 2.00. The fourth-order valence-corrected chi connectivity index (χ4v) is 4.50. The van der Waals surface area contributed by atoms with Crippen molar-refractivity contribution in [2.24, 2.45) is 0 Å². The van der Waals surface area contributed by atoms with Crippen molar-refractivity contribution in [1.29, 1.82) is 0 Å². The lowest BCUT2D eigenvalue weighted by atomic mass is 10.3. The van der Waals surface area contributed by atoms with Gasteiger partial charge in [0.05, 0.1) is 25.8 Å². The van der Waals surface area contributed by atoms with Crippen molar-refractivity contribution >= 4 is 48.4 Å². The van der Waals surface area contributed by atoms with E-state index < -0.39 is 16.0 Å². The molecule has 0 amide bonds. The Balaban J connectivity index is 2.20. The molecular formula is C14H15BrN2O5S2. The Morgan fingerprint density at radius 2 is 2.17 bits per heavy atom. The van der Waals surface area contributed by atoms with Gasteiger partial charge in [0.15, 0.2) is 5.13 Å². The van der Waals surface area contributed by atoms with Crippen LogP contribution < -0.4 is 9.46 Å². The predicted octanol–water partition coefficient (Wildman–Crippen LogP) is 2.82. The number of aromatic nitrogens is 1. The number of thiazole rings is 1. The minimum absolute atomic E-state index is 0.00766. The van der Waals surface area contributed by atoms with Crippen LogP contribution >= 0.6 is 27.3 Å². The normalized spacial score (nSPS) is 11.1. The lowest BCUT2D eigenvalue weighted by Crippen LogP contribution is -2.14. The summed E-state index contributed by atoms with van der Waals surface area (Å²) in [7, 11) is -2.49. The van der Waals surface area contributed by atoms with Gasteiger partial charge in [0.1, 0.15) is 10.6 Å². The molecule has 2 aromatic rings. The quantitative estimate of drug-likeness (QED) is 0.673. The molecule has 1 aromatic carbocycles. The summed E-state index contributed by atoms with van der Waals surface area (Å²) >= 11 is 4.32. The van der Waals surface area contributed by atoms with Gasteiger partial charge in [-0.25, -0.2) is 13.4 Å². The summed E-state index contributed by atoms with van der Waals surface area (Å²) < 4.78 is 38.0. The molecule has 0 fully saturated rings. The second kappa shape index (κ2) is 7.95. The highest BCUT2D eigenvalue weighted by Crippen LogP contribution is 2.29. The van der Waals surface area contributed by atoms with Crippen molar-refractivity contribution in [2.45, 2.75) is 18.2 Å². The van der Waals surface area contributed by atoms with E-state index in [-0.39, 0.29) is 28.8 Å². The summed E-state index contributed by atoms with van der Waals surface area (Å²) in [6.07, 6.45) is -0.00766. The van der Waals surface area contributed by atoms with E-state index in [1.54, 1.807) is 24.4 Å². The van der Waals surface area contributed by atoms with E-state index in [1.165, 1.54) is 13.2 Å². The average Bonchev–Trinajstić information content (AvgIpc) is 2.93. The molecule has 0 saturated heterocycles. The van der Waals surface area contributed by atoms with E-state index in [0.717, 1.165) is 11.3 Å². The summed E-state index contributed by atoms with van der Waals surface area (Å²) in [4.78, 5) is 15.5. The van der Waals surface area contributed by atoms with Crippen molar-refractivity contribution in [2.75, 3.05) is 18.4 Å². The number of hydrogen-bond donors (Lipinski definition) is 1. The Morgan fingerprint density at radius 3 is 2.83 bits per heavy atom. The molecule has 1 aromatic heterocycles. The van der Waals surface area contributed by atoms with Gasteiger partial charge in [-0.3, -0.25) is 9.52 Å². The molecule has 2 rings (SSSR count). The number of esters is 1. The number of carbonyl (C=O) groups excluding carboxylic acids is 1. The molecule has 1 N–H and O–H groups in total. The topological polar surface area (TPSA) is 94.6 Å². The minimum Gasteiger partial charge on any atom is -0.495 e. The van der Waals surface area contributed by atoms with Gasteiger partial charge in [-0.2, -0.15) is 0 Å². The SMILES string of the molecule is CCOC(=O)Cc1csc(NS(=O)(=O)c2cc(Br)ccc2OC)n1. The second-order valence-electron chi connectivity index (χ2n) is 4.53. The number of carbonyl (C=O) groups is 1. The number of ether oxygens (including phenoxy) is 2. The van der Waals surface area contributed by atoms with Crippen molar-refractivity contribution in [3.63, 3.8) is 0 Å². The van der Waals surface area contributed by atoms with E-state index in [2.05, 4.69) is 25.6 Å². The molecule has 130 valence electrons. The molecule has 0 radical (unpaired) electrons. The van der Waals surface area contributed by atoms with Gasteiger partial charge < -0.3 is 9.47 Å². The molecule has 0 aliphatic carbocycles. The fourth-order valence-electron chi connectivity index (χ4n) is 1.83. The molecule has 0 aliphatic heterocycles. The summed E-state index contributed by atoms with van der Waals surface area (Å²) in [5.74, 6) is -0.195. The zero-order valence-corrected chi connectivity index (χ0v) is 16.1. The van der Waals surface area contributed by atoms with Gasteiger partial charge in [0.25, 0.3) is 10.0 Å². The number of hydrogen-bond acceptors (Lipinski definition) is 7. The number of sulfonamides is 1. The number of methoxy groups -OCH3 is 1. The van der Waals surface area contributed by atoms with Crippen molar-refractivity contribution < 1.29 is 22.7 Å². The molecule has 0 aliphatic rings. The summed E-state index contributed by atoms with van der Waals surface area (Å²) in [5, 5.41) is 1.77. The van der Waals surface area contributed by atoms with Crippen LogP contribution in [0.25, 0.3) is 0 Å². The molecule has 10 heteroatoms. The molecular weight excluding hydrogens is 420 g/mol. The first-order chi connectivity index (χ1) is 11.4. The van der Waals surface area contributed by atoms with Crippen LogP contribution in [0.5, 0.6) is 5.75 Å². The van der Waals surface area contributed by atoms with Crippen LogP contribution in [0, 0.1) is 0 Å². The van der Waals surface area contributed by atoms with Crippen LogP contribution in [0.4, 0.5) is 5.13 Å². The maximum atomic E-state index is 12.5. The number of rotatable bonds is 7. The van der Waals surface area contributed by atoms with E-state index in [9.17, 15) is 13.2 Å². The van der Waals surface area contributed by atoms with Crippen molar-refractivity contribution in [1.82, 2.24) is 4.98 Å². The third-order valence-corrected chi connectivity index (χ3v) is 5.61. The van der Waals surface area contributed by atoms with Gasteiger partial charge in [0.2, 0.25) is 0 Å². The first-order valence-corrected chi connectivity index (χ1v) is 9.97. The Bertz CT molecular complexity index is 835. The van der Waals surface area contributed by atoms with Gasteiger partial charge in [-0.15, -0.1) is 11.3 Å². The number of anilines is 1. The highest BCUT2D eigenvalue weighted by atomic mass is 79.9. The number of halogens is 1. The van der Waals surface area contributed by atoms with E-state index in [4.69, 9.17) is 9.47 Å². The molecule has 24 heavy (non-hydrogen) atoms. The van der Waals surface area contributed by atoms with Crippen LogP contribution in [-0.2, 0) is 26.0 Å². The smallest absolute Gasteiger partial charge is 0.311 e.